The van der Waals surface area contributed by atoms with E-state index in [2.05, 4.69) is 87.9 Å². The zero-order valence-corrected chi connectivity index (χ0v) is 29.0. The maximum absolute atomic E-state index is 2.79. The molecule has 0 aromatic carbocycles. The first kappa shape index (κ1) is 29.6. The monoisotopic (exact) mass is 562 g/mol. The van der Waals surface area contributed by atoms with Crippen molar-refractivity contribution in [3.8, 4) is 9.75 Å². The molecule has 1 aliphatic heterocycles. The Kier molecular flexibility index (Phi) is 10.8. The van der Waals surface area contributed by atoms with E-state index in [1.165, 1.54) is 89.1 Å². The predicted octanol–water partition coefficient (Wildman–Crippen LogP) is 9.16. The first-order valence-corrected chi connectivity index (χ1v) is 25.9. The van der Waals surface area contributed by atoms with E-state index in [1.54, 1.807) is 18.8 Å². The van der Waals surface area contributed by atoms with Gasteiger partial charge in [-0.25, -0.2) is 0 Å². The van der Waals surface area contributed by atoms with Gasteiger partial charge in [0, 0.05) is 9.75 Å². The Balaban J connectivity index is 1.95. The number of unbranched alkanes of at least 4 members (excludes halogenated alkanes) is 10. The Hall–Kier alpha value is 0.0506. The molecule has 5 heteroatoms. The van der Waals surface area contributed by atoms with Crippen LogP contribution in [0.3, 0.4) is 0 Å². The number of hydrogen-bond acceptors (Lipinski definition) is 2. The van der Waals surface area contributed by atoms with E-state index in [-0.39, 0.29) is 0 Å². The number of thiophene rings is 2. The Morgan fingerprint density at radius 1 is 0.543 bits per heavy atom. The van der Waals surface area contributed by atoms with Gasteiger partial charge in [-0.3, -0.25) is 0 Å². The van der Waals surface area contributed by atoms with Crippen molar-refractivity contribution in [2.45, 2.75) is 142 Å². The summed E-state index contributed by atoms with van der Waals surface area (Å²) in [6.07, 6.45) is 17.1. The van der Waals surface area contributed by atoms with Gasteiger partial charge in [0.15, 0.2) is 0 Å². The lowest BCUT2D eigenvalue weighted by molar-refractivity contribution is 0.616. The Bertz CT molecular complexity index is 850. The molecule has 2 aromatic heterocycles. The molecular weight excluding hydrogens is 509 g/mol. The first-order valence-electron chi connectivity index (χ1n) is 14.8. The van der Waals surface area contributed by atoms with Gasteiger partial charge >= 0.3 is 0 Å². The van der Waals surface area contributed by atoms with Crippen LogP contribution < -0.4 is 19.4 Å². The van der Waals surface area contributed by atoms with Gasteiger partial charge in [0.05, 0.1) is 16.1 Å². The highest BCUT2D eigenvalue weighted by Crippen LogP contribution is 2.40. The van der Waals surface area contributed by atoms with Crippen molar-refractivity contribution in [3.63, 3.8) is 0 Å². The molecule has 0 fully saturated rings. The molecular formula is C30H54S2Si3. The summed E-state index contributed by atoms with van der Waals surface area (Å²) in [7, 11) is -4.25. The van der Waals surface area contributed by atoms with Gasteiger partial charge in [0.2, 0.25) is 0 Å². The highest BCUT2D eigenvalue weighted by molar-refractivity contribution is 7.38. The summed E-state index contributed by atoms with van der Waals surface area (Å²) in [4.78, 5) is 3.49. The molecule has 0 amide bonds. The van der Waals surface area contributed by atoms with Crippen LogP contribution in [0.4, 0.5) is 0 Å². The van der Waals surface area contributed by atoms with Crippen molar-refractivity contribution in [1.29, 1.82) is 0 Å². The summed E-state index contributed by atoms with van der Waals surface area (Å²) in [6, 6.07) is 8.59. The second-order valence-electron chi connectivity index (χ2n) is 13.3. The smallest absolute Gasteiger partial charge is 0.122 e. The normalized spacial score (nSPS) is 15.0. The minimum Gasteiger partial charge on any atom is -0.144 e. The second-order valence-corrected chi connectivity index (χ2v) is 30.5. The fourth-order valence-electron chi connectivity index (χ4n) is 5.79. The second kappa shape index (κ2) is 12.7. The molecule has 0 N–H and O–H groups in total. The largest absolute Gasteiger partial charge is 0.144 e. The topological polar surface area (TPSA) is 0 Å². The standard InChI is InChI=1S/C30H54S2Si3/c1-9-11-13-15-17-19-21-35(22-20-18-16-14-12-10-2)25-23-27(33(3,4)5)31-29(25)30-26(35)24-28(32-30)34(6,7)8/h23-24H,9-22H2,1-8H3. The molecule has 0 bridgehead atoms. The maximum Gasteiger partial charge on any atom is 0.122 e. The molecule has 0 nitrogen and oxygen atoms in total. The summed E-state index contributed by atoms with van der Waals surface area (Å²) in [5.41, 5.74) is 0. The average molecular weight is 563 g/mol. The zero-order valence-electron chi connectivity index (χ0n) is 24.4. The number of rotatable bonds is 16. The minimum absolute atomic E-state index is 1.29. The Morgan fingerprint density at radius 3 is 1.23 bits per heavy atom. The molecule has 3 rings (SSSR count). The molecule has 3 heterocycles. The van der Waals surface area contributed by atoms with E-state index in [0.29, 0.717) is 0 Å². The fraction of sp³-hybridized carbons (Fsp3) is 0.733. The molecule has 0 saturated heterocycles. The van der Waals surface area contributed by atoms with Crippen LogP contribution >= 0.6 is 22.7 Å². The number of fused-ring (bicyclic) bond motifs is 3. The molecule has 0 aliphatic carbocycles. The van der Waals surface area contributed by atoms with Gasteiger partial charge in [0.25, 0.3) is 0 Å². The summed E-state index contributed by atoms with van der Waals surface area (Å²) in [5, 5.41) is 3.79. The lowest BCUT2D eigenvalue weighted by atomic mass is 10.1. The molecule has 2 aromatic rings. The molecule has 0 unspecified atom stereocenters. The van der Waals surface area contributed by atoms with Gasteiger partial charge in [-0.2, -0.15) is 0 Å². The summed E-state index contributed by atoms with van der Waals surface area (Å²) in [6.45, 7) is 20.0. The SMILES string of the molecule is CCCCCCCC[Si]1(CCCCCCCC)c2cc([Si](C)(C)C)sc2-c2sc([Si](C)(C)C)cc21. The highest BCUT2D eigenvalue weighted by atomic mass is 32.1. The third-order valence-corrected chi connectivity index (χ3v) is 23.3. The minimum atomic E-state index is -1.66. The third kappa shape index (κ3) is 7.13. The molecule has 1 aliphatic rings. The molecule has 0 spiro atoms. The van der Waals surface area contributed by atoms with Gasteiger partial charge in [-0.15, -0.1) is 22.7 Å². The highest BCUT2D eigenvalue weighted by Gasteiger charge is 2.48. The molecule has 0 radical (unpaired) electrons. The quantitative estimate of drug-likeness (QED) is 0.141. The molecule has 0 saturated carbocycles. The summed E-state index contributed by atoms with van der Waals surface area (Å²) >= 11 is 4.44. The third-order valence-electron chi connectivity index (χ3n) is 8.09. The van der Waals surface area contributed by atoms with Gasteiger partial charge < -0.3 is 0 Å². The zero-order chi connectivity index (χ0) is 25.7. The Labute approximate surface area is 229 Å². The van der Waals surface area contributed by atoms with E-state index < -0.39 is 24.2 Å². The fourth-order valence-corrected chi connectivity index (χ4v) is 19.2. The Morgan fingerprint density at radius 2 is 0.886 bits per heavy atom. The van der Waals surface area contributed by atoms with Crippen LogP contribution in [0.25, 0.3) is 9.75 Å². The van der Waals surface area contributed by atoms with E-state index in [9.17, 15) is 0 Å². The van der Waals surface area contributed by atoms with Crippen molar-refractivity contribution in [1.82, 2.24) is 0 Å². The predicted molar refractivity (Wildman–Crippen MR) is 175 cm³/mol. The van der Waals surface area contributed by atoms with Crippen LogP contribution in [0.2, 0.25) is 51.4 Å². The first-order chi connectivity index (χ1) is 16.5. The van der Waals surface area contributed by atoms with Crippen LogP contribution in [-0.2, 0) is 0 Å². The van der Waals surface area contributed by atoms with Crippen molar-refractivity contribution < 1.29 is 0 Å². The molecule has 35 heavy (non-hydrogen) atoms. The van der Waals surface area contributed by atoms with Crippen LogP contribution in [0.5, 0.6) is 0 Å². The van der Waals surface area contributed by atoms with Gasteiger partial charge in [-0.1, -0.05) is 142 Å². The summed E-state index contributed by atoms with van der Waals surface area (Å²) in [5.74, 6) is 0. The van der Waals surface area contributed by atoms with Crippen LogP contribution in [0.1, 0.15) is 90.9 Å². The van der Waals surface area contributed by atoms with Crippen LogP contribution in [0.15, 0.2) is 12.1 Å². The molecule has 0 atom stereocenters. The van der Waals surface area contributed by atoms with Crippen LogP contribution in [-0.4, -0.2) is 24.2 Å². The number of hydrogen-bond donors (Lipinski definition) is 0. The van der Waals surface area contributed by atoms with E-state index in [4.69, 9.17) is 0 Å². The average Bonchev–Trinajstić information content (AvgIpc) is 3.46. The summed E-state index contributed by atoms with van der Waals surface area (Å²) < 4.78 is 3.53. The van der Waals surface area contributed by atoms with Crippen molar-refractivity contribution in [2.24, 2.45) is 0 Å². The van der Waals surface area contributed by atoms with E-state index in [1.807, 2.05) is 10.4 Å². The lowest BCUT2D eigenvalue weighted by Gasteiger charge is -2.29. The maximum atomic E-state index is 2.79. The van der Waals surface area contributed by atoms with Gasteiger partial charge in [0.1, 0.15) is 8.07 Å². The van der Waals surface area contributed by atoms with Crippen LogP contribution in [0, 0.1) is 0 Å². The lowest BCUT2D eigenvalue weighted by Crippen LogP contribution is -2.55. The molecule has 198 valence electrons. The van der Waals surface area contributed by atoms with Gasteiger partial charge in [-0.05, 0) is 31.5 Å². The van der Waals surface area contributed by atoms with Crippen molar-refractivity contribution in [3.05, 3.63) is 12.1 Å². The van der Waals surface area contributed by atoms with E-state index >= 15 is 0 Å². The van der Waals surface area contributed by atoms with Crippen molar-refractivity contribution in [2.75, 3.05) is 0 Å². The van der Waals surface area contributed by atoms with Crippen molar-refractivity contribution >= 4 is 66.3 Å². The van der Waals surface area contributed by atoms with E-state index in [0.717, 1.165) is 0 Å².